The first kappa shape index (κ1) is 21.4. The molecular weight excluding hydrogens is 414 g/mol. The number of carboxylic acid groups (broad SMARTS) is 1. The molecule has 0 bridgehead atoms. The molecular formula is C27H27N3O3. The van der Waals surface area contributed by atoms with E-state index in [0.717, 1.165) is 60.2 Å². The second-order valence-electron chi connectivity index (χ2n) is 8.83. The van der Waals surface area contributed by atoms with Gasteiger partial charge in [-0.05, 0) is 65.8 Å². The first-order valence-corrected chi connectivity index (χ1v) is 11.3. The van der Waals surface area contributed by atoms with Gasteiger partial charge in [-0.1, -0.05) is 42.5 Å². The van der Waals surface area contributed by atoms with Crippen molar-refractivity contribution < 1.29 is 15.0 Å². The zero-order valence-electron chi connectivity index (χ0n) is 18.6. The summed E-state index contributed by atoms with van der Waals surface area (Å²) >= 11 is 0. The lowest BCUT2D eigenvalue weighted by Crippen LogP contribution is -2.35. The van der Waals surface area contributed by atoms with Crippen LogP contribution in [0.1, 0.15) is 34.6 Å². The first-order chi connectivity index (χ1) is 16.0. The van der Waals surface area contributed by atoms with E-state index in [1.807, 2.05) is 25.1 Å². The average molecular weight is 442 g/mol. The van der Waals surface area contributed by atoms with Crippen molar-refractivity contribution in [2.45, 2.75) is 32.4 Å². The molecule has 5 rings (SSSR count). The number of imidazole rings is 1. The first-order valence-electron chi connectivity index (χ1n) is 11.3. The number of aryl methyl sites for hydroxylation is 1. The topological polar surface area (TPSA) is 89.4 Å². The van der Waals surface area contributed by atoms with E-state index in [4.69, 9.17) is 0 Å². The quantitative estimate of drug-likeness (QED) is 0.412. The van der Waals surface area contributed by atoms with Crippen LogP contribution in [0.4, 0.5) is 0 Å². The summed E-state index contributed by atoms with van der Waals surface area (Å²) in [4.78, 5) is 21.6. The third-order valence-electron chi connectivity index (χ3n) is 6.38. The molecule has 33 heavy (non-hydrogen) atoms. The van der Waals surface area contributed by atoms with Gasteiger partial charge in [0.05, 0.1) is 17.2 Å². The van der Waals surface area contributed by atoms with Gasteiger partial charge in [0, 0.05) is 19.6 Å². The van der Waals surface area contributed by atoms with Crippen molar-refractivity contribution in [3.05, 3.63) is 77.6 Å². The van der Waals surface area contributed by atoms with Crippen LogP contribution in [0, 0.1) is 6.92 Å². The number of nitrogens with zero attached hydrogens (tertiary/aromatic N) is 2. The molecule has 168 valence electrons. The van der Waals surface area contributed by atoms with Gasteiger partial charge in [-0.3, -0.25) is 4.90 Å². The molecule has 1 fully saturated rings. The van der Waals surface area contributed by atoms with Crippen molar-refractivity contribution in [1.29, 1.82) is 0 Å². The number of carbonyl (C=O) groups is 1. The molecule has 3 N–H and O–H groups in total. The maximum absolute atomic E-state index is 11.8. The lowest BCUT2D eigenvalue weighted by Gasteiger charge is -2.29. The molecule has 0 unspecified atom stereocenters. The molecule has 1 aliphatic rings. The van der Waals surface area contributed by atoms with Gasteiger partial charge in [-0.25, -0.2) is 9.78 Å². The molecule has 1 aliphatic heterocycles. The van der Waals surface area contributed by atoms with E-state index in [1.165, 1.54) is 5.56 Å². The van der Waals surface area contributed by atoms with Crippen molar-refractivity contribution in [3.63, 3.8) is 0 Å². The van der Waals surface area contributed by atoms with E-state index in [0.29, 0.717) is 11.3 Å². The smallest absolute Gasteiger partial charge is 0.337 e. The number of hydrogen-bond donors (Lipinski definition) is 3. The number of nitrogens with one attached hydrogen (secondary N) is 1. The summed E-state index contributed by atoms with van der Waals surface area (Å²) in [5.41, 5.74) is 6.75. The second-order valence-corrected chi connectivity index (χ2v) is 8.83. The number of carboxylic acids is 1. The maximum Gasteiger partial charge on any atom is 0.337 e. The Morgan fingerprint density at radius 3 is 2.39 bits per heavy atom. The highest BCUT2D eigenvalue weighted by atomic mass is 16.4. The Bertz CT molecular complexity index is 1300. The summed E-state index contributed by atoms with van der Waals surface area (Å²) in [5, 5.41) is 19.4. The third-order valence-corrected chi connectivity index (χ3v) is 6.38. The van der Waals surface area contributed by atoms with Crippen molar-refractivity contribution in [2.75, 3.05) is 13.1 Å². The molecule has 2 heterocycles. The zero-order chi connectivity index (χ0) is 22.9. The van der Waals surface area contributed by atoms with E-state index in [-0.39, 0.29) is 11.7 Å². The Morgan fingerprint density at radius 2 is 1.70 bits per heavy atom. The minimum atomic E-state index is -0.981. The largest absolute Gasteiger partial charge is 0.478 e. The Kier molecular flexibility index (Phi) is 5.70. The van der Waals surface area contributed by atoms with E-state index < -0.39 is 5.97 Å². The number of aromatic amines is 1. The van der Waals surface area contributed by atoms with Crippen LogP contribution in [0.5, 0.6) is 0 Å². The number of piperidine rings is 1. The van der Waals surface area contributed by atoms with Crippen LogP contribution in [0.15, 0.2) is 60.7 Å². The SMILES string of the molecule is Cc1nc2c(C(=O)O)cc(-c3ccc(-c4cccc(CN5CCC(O)CC5)c4)cc3)cc2[nH]1. The summed E-state index contributed by atoms with van der Waals surface area (Å²) in [7, 11) is 0. The van der Waals surface area contributed by atoms with Gasteiger partial charge in [-0.2, -0.15) is 0 Å². The number of aromatic nitrogens is 2. The summed E-state index contributed by atoms with van der Waals surface area (Å²) in [6, 6.07) is 20.4. The fourth-order valence-corrected chi connectivity index (χ4v) is 4.61. The predicted molar refractivity (Wildman–Crippen MR) is 129 cm³/mol. The Hall–Kier alpha value is -3.48. The van der Waals surface area contributed by atoms with Crippen LogP contribution >= 0.6 is 0 Å². The molecule has 0 radical (unpaired) electrons. The number of aliphatic hydroxyl groups excluding tert-OH is 1. The molecule has 3 aromatic carbocycles. The predicted octanol–water partition coefficient (Wildman–Crippen LogP) is 4.86. The lowest BCUT2D eigenvalue weighted by atomic mass is 9.97. The van der Waals surface area contributed by atoms with E-state index in [2.05, 4.69) is 51.3 Å². The standard InChI is InChI=1S/C27H27N3O3/c1-17-28-25-15-22(14-24(27(32)33)26(25)29-17)20-7-5-19(6-8-20)21-4-2-3-18(13-21)16-30-11-9-23(31)10-12-30/h2-8,13-15,23,31H,9-12,16H2,1H3,(H,28,29)(H,32,33). The molecule has 0 aliphatic carbocycles. The van der Waals surface area contributed by atoms with Gasteiger partial charge in [0.1, 0.15) is 11.3 Å². The average Bonchev–Trinajstić information content (AvgIpc) is 3.20. The number of aromatic carboxylic acids is 1. The summed E-state index contributed by atoms with van der Waals surface area (Å²) < 4.78 is 0. The normalized spacial score (nSPS) is 15.2. The van der Waals surface area contributed by atoms with Crippen LogP contribution in [0.25, 0.3) is 33.3 Å². The van der Waals surface area contributed by atoms with Gasteiger partial charge >= 0.3 is 5.97 Å². The molecule has 1 saturated heterocycles. The Morgan fingerprint density at radius 1 is 1.00 bits per heavy atom. The van der Waals surface area contributed by atoms with Crippen LogP contribution in [-0.4, -0.2) is 50.2 Å². The van der Waals surface area contributed by atoms with E-state index in [1.54, 1.807) is 6.07 Å². The van der Waals surface area contributed by atoms with Crippen molar-refractivity contribution in [2.24, 2.45) is 0 Å². The molecule has 0 spiro atoms. The minimum Gasteiger partial charge on any atom is -0.478 e. The summed E-state index contributed by atoms with van der Waals surface area (Å²) in [6.07, 6.45) is 1.53. The van der Waals surface area contributed by atoms with E-state index in [9.17, 15) is 15.0 Å². The number of likely N-dealkylation sites (tertiary alicyclic amines) is 1. The Labute approximate surface area is 192 Å². The van der Waals surface area contributed by atoms with Crippen molar-refractivity contribution in [3.8, 4) is 22.3 Å². The molecule has 0 saturated carbocycles. The molecule has 6 nitrogen and oxygen atoms in total. The summed E-state index contributed by atoms with van der Waals surface area (Å²) in [6.45, 7) is 4.57. The van der Waals surface area contributed by atoms with Crippen LogP contribution in [0.2, 0.25) is 0 Å². The van der Waals surface area contributed by atoms with Crippen LogP contribution in [0.3, 0.4) is 0 Å². The minimum absolute atomic E-state index is 0.157. The van der Waals surface area contributed by atoms with Gasteiger partial charge in [-0.15, -0.1) is 0 Å². The van der Waals surface area contributed by atoms with Gasteiger partial charge in [0.25, 0.3) is 0 Å². The second kappa shape index (κ2) is 8.81. The Balaban J connectivity index is 1.40. The summed E-state index contributed by atoms with van der Waals surface area (Å²) in [5.74, 6) is -0.286. The van der Waals surface area contributed by atoms with Gasteiger partial charge in [0.2, 0.25) is 0 Å². The molecule has 1 aromatic heterocycles. The number of fused-ring (bicyclic) bond motifs is 1. The fraction of sp³-hybridized carbons (Fsp3) is 0.259. The molecule has 4 aromatic rings. The van der Waals surface area contributed by atoms with Crippen molar-refractivity contribution in [1.82, 2.24) is 14.9 Å². The lowest BCUT2D eigenvalue weighted by molar-refractivity contribution is 0.0698. The maximum atomic E-state index is 11.8. The molecule has 6 heteroatoms. The van der Waals surface area contributed by atoms with Crippen molar-refractivity contribution >= 4 is 17.0 Å². The third kappa shape index (κ3) is 4.53. The highest BCUT2D eigenvalue weighted by Crippen LogP contribution is 2.29. The highest BCUT2D eigenvalue weighted by Gasteiger charge is 2.17. The van der Waals surface area contributed by atoms with Crippen LogP contribution in [-0.2, 0) is 6.54 Å². The number of rotatable bonds is 5. The van der Waals surface area contributed by atoms with E-state index >= 15 is 0 Å². The number of hydrogen-bond acceptors (Lipinski definition) is 4. The molecule has 0 amide bonds. The van der Waals surface area contributed by atoms with Gasteiger partial charge in [0.15, 0.2) is 0 Å². The zero-order valence-corrected chi connectivity index (χ0v) is 18.6. The number of H-pyrrole nitrogens is 1. The number of benzene rings is 3. The fourth-order valence-electron chi connectivity index (χ4n) is 4.61. The monoisotopic (exact) mass is 441 g/mol. The van der Waals surface area contributed by atoms with Crippen LogP contribution < -0.4 is 0 Å². The number of aliphatic hydroxyl groups is 1. The van der Waals surface area contributed by atoms with Gasteiger partial charge < -0.3 is 15.2 Å². The molecule has 0 atom stereocenters. The highest BCUT2D eigenvalue weighted by molar-refractivity contribution is 6.03.